The van der Waals surface area contributed by atoms with Gasteiger partial charge in [0.2, 0.25) is 11.8 Å². The van der Waals surface area contributed by atoms with Crippen molar-refractivity contribution in [1.29, 1.82) is 0 Å². The Labute approximate surface area is 287 Å². The van der Waals surface area contributed by atoms with E-state index in [0.29, 0.717) is 48.9 Å². The highest BCUT2D eigenvalue weighted by molar-refractivity contribution is 6.76. The summed E-state index contributed by atoms with van der Waals surface area (Å²) in [6.45, 7) is 8.94. The average Bonchev–Trinajstić information content (AvgIpc) is 3.49. The molecule has 0 amide bonds. The fourth-order valence-corrected chi connectivity index (χ4v) is 6.12. The molecule has 0 saturated carbocycles. The molecule has 10 nitrogen and oxygen atoms in total. The highest BCUT2D eigenvalue weighted by Crippen LogP contribution is 2.38. The molecule has 0 fully saturated rings. The maximum atomic E-state index is 9.17. The van der Waals surface area contributed by atoms with E-state index in [1.807, 2.05) is 71.3 Å². The van der Waals surface area contributed by atoms with Crippen LogP contribution < -0.4 is 19.5 Å². The number of nitrogens with zero attached hydrogens (tertiary/aromatic N) is 4. The van der Waals surface area contributed by atoms with Crippen molar-refractivity contribution >= 4 is 36.0 Å². The van der Waals surface area contributed by atoms with Gasteiger partial charge < -0.3 is 33.9 Å². The zero-order valence-corrected chi connectivity index (χ0v) is 29.5. The molecule has 0 atom stereocenters. The number of pyridine rings is 1. The van der Waals surface area contributed by atoms with Crippen LogP contribution in [0.4, 0.5) is 5.95 Å². The molecule has 0 aliphatic heterocycles. The van der Waals surface area contributed by atoms with E-state index in [2.05, 4.69) is 48.3 Å². The summed E-state index contributed by atoms with van der Waals surface area (Å²) >= 11 is 0. The summed E-state index contributed by atoms with van der Waals surface area (Å²) in [6, 6.07) is 27.0. The van der Waals surface area contributed by atoms with Gasteiger partial charge in [0.05, 0.1) is 23.7 Å². The minimum Gasteiger partial charge on any atom is -0.491 e. The highest BCUT2D eigenvalue weighted by atomic mass is 28.3. The van der Waals surface area contributed by atoms with Crippen LogP contribution in [0.2, 0.25) is 25.7 Å². The van der Waals surface area contributed by atoms with Gasteiger partial charge in [-0.05, 0) is 53.1 Å². The minimum absolute atomic E-state index is 0.0546. The first kappa shape index (κ1) is 33.9. The van der Waals surface area contributed by atoms with Crippen LogP contribution in [-0.2, 0) is 24.7 Å². The van der Waals surface area contributed by atoms with E-state index in [9.17, 15) is 5.11 Å². The predicted molar refractivity (Wildman–Crippen MR) is 196 cm³/mol. The van der Waals surface area contributed by atoms with Gasteiger partial charge in [0.1, 0.15) is 38.1 Å². The monoisotopic (exact) mass is 677 g/mol. The number of ether oxygens (including phenoxy) is 4. The molecule has 49 heavy (non-hydrogen) atoms. The average molecular weight is 678 g/mol. The van der Waals surface area contributed by atoms with Gasteiger partial charge in [0.25, 0.3) is 0 Å². The summed E-state index contributed by atoms with van der Waals surface area (Å²) in [6.07, 6.45) is 3.82. The zero-order chi connectivity index (χ0) is 34.2. The first-order valence-corrected chi connectivity index (χ1v) is 20.2. The third kappa shape index (κ3) is 8.74. The predicted octanol–water partition coefficient (Wildman–Crippen LogP) is 7.53. The lowest BCUT2D eigenvalue weighted by Crippen LogP contribution is -2.22. The molecule has 6 rings (SSSR count). The van der Waals surface area contributed by atoms with E-state index in [-0.39, 0.29) is 19.8 Å². The van der Waals surface area contributed by atoms with Gasteiger partial charge in [-0.25, -0.2) is 0 Å². The van der Waals surface area contributed by atoms with E-state index >= 15 is 0 Å². The molecule has 0 saturated heterocycles. The van der Waals surface area contributed by atoms with Crippen LogP contribution in [0.15, 0.2) is 91.3 Å². The summed E-state index contributed by atoms with van der Waals surface area (Å²) in [5, 5.41) is 14.0. The van der Waals surface area contributed by atoms with Gasteiger partial charge in [0, 0.05) is 38.9 Å². The van der Waals surface area contributed by atoms with Crippen molar-refractivity contribution in [3.63, 3.8) is 0 Å². The molecule has 0 aliphatic rings. The van der Waals surface area contributed by atoms with Gasteiger partial charge in [-0.15, -0.1) is 0 Å². The zero-order valence-electron chi connectivity index (χ0n) is 28.5. The van der Waals surface area contributed by atoms with Gasteiger partial charge in [0.15, 0.2) is 5.65 Å². The van der Waals surface area contributed by atoms with Crippen LogP contribution in [-0.4, -0.2) is 59.6 Å². The molecule has 0 spiro atoms. The van der Waals surface area contributed by atoms with Gasteiger partial charge >= 0.3 is 0 Å². The number of nitrogens with one attached hydrogen (secondary N) is 1. The summed E-state index contributed by atoms with van der Waals surface area (Å²) in [5.74, 6) is 2.25. The fraction of sp³-hybridized carbons (Fsp3) is 0.289. The molecule has 11 heteroatoms. The van der Waals surface area contributed by atoms with Crippen molar-refractivity contribution in [2.45, 2.75) is 45.6 Å². The SMILES string of the molecule is CNc1nc(OCc2cccc(OCCO)c2)c2c(-c3ccc4ncc(OCc5ccccc5)cc4c3)cn(COCC[Si](C)(C)C)c2n1. The second-order valence-corrected chi connectivity index (χ2v) is 18.6. The molecular weight excluding hydrogens is 635 g/mol. The number of rotatable bonds is 16. The summed E-state index contributed by atoms with van der Waals surface area (Å²) in [7, 11) is 0.532. The number of hydrogen-bond donors (Lipinski definition) is 2. The second kappa shape index (κ2) is 15.5. The Morgan fingerprint density at radius 3 is 2.43 bits per heavy atom. The quantitative estimate of drug-likeness (QED) is 0.0793. The summed E-state index contributed by atoms with van der Waals surface area (Å²) < 4.78 is 26.4. The van der Waals surface area contributed by atoms with E-state index in [1.54, 1.807) is 13.2 Å². The topological polar surface area (TPSA) is 113 Å². The molecule has 0 aliphatic carbocycles. The van der Waals surface area contributed by atoms with Gasteiger partial charge in [-0.1, -0.05) is 68.2 Å². The Hall–Kier alpha value is -4.97. The van der Waals surface area contributed by atoms with E-state index in [0.717, 1.165) is 44.6 Å². The third-order valence-corrected chi connectivity index (χ3v) is 9.69. The molecule has 2 N–H and O–H groups in total. The van der Waals surface area contributed by atoms with Gasteiger partial charge in [-0.2, -0.15) is 9.97 Å². The molecule has 0 radical (unpaired) electrons. The number of anilines is 1. The maximum absolute atomic E-state index is 9.17. The molecule has 3 aromatic carbocycles. The standard InChI is InChI=1S/C38H43N5O5Si/c1-39-38-41-36-35(37(42-38)48-25-28-11-8-12-31(19-28)46-16-15-44)33(23-43(36)26-45-17-18-49(2,3)4)29-13-14-34-30(20-29)21-32(22-40-34)47-24-27-9-6-5-7-10-27/h5-14,19-23,44H,15-18,24-26H2,1-4H3,(H,39,41,42). The normalized spacial score (nSPS) is 11.6. The lowest BCUT2D eigenvalue weighted by Gasteiger charge is -2.15. The molecular formula is C38H43N5O5Si. The van der Waals surface area contributed by atoms with Gasteiger partial charge in [-0.3, -0.25) is 4.98 Å². The molecule has 0 unspecified atom stereocenters. The van der Waals surface area contributed by atoms with E-state index < -0.39 is 8.07 Å². The highest BCUT2D eigenvalue weighted by Gasteiger charge is 2.21. The molecule has 254 valence electrons. The van der Waals surface area contributed by atoms with E-state index in [4.69, 9.17) is 28.9 Å². The Morgan fingerprint density at radius 1 is 0.816 bits per heavy atom. The first-order chi connectivity index (χ1) is 23.8. The third-order valence-electron chi connectivity index (χ3n) is 7.98. The smallest absolute Gasteiger partial charge is 0.228 e. The maximum Gasteiger partial charge on any atom is 0.228 e. The van der Waals surface area contributed by atoms with Crippen molar-refractivity contribution in [3.8, 4) is 28.5 Å². The number of benzene rings is 3. The summed E-state index contributed by atoms with van der Waals surface area (Å²) in [4.78, 5) is 14.3. The molecule has 3 aromatic heterocycles. The van der Waals surface area contributed by atoms with Crippen LogP contribution in [0.3, 0.4) is 0 Å². The van der Waals surface area contributed by atoms with Crippen molar-refractivity contribution in [2.75, 3.05) is 32.2 Å². The Bertz CT molecular complexity index is 2010. The molecule has 0 bridgehead atoms. The van der Waals surface area contributed by atoms with Crippen LogP contribution in [0.25, 0.3) is 33.1 Å². The number of aromatic nitrogens is 4. The van der Waals surface area contributed by atoms with Crippen LogP contribution in [0.5, 0.6) is 17.4 Å². The lowest BCUT2D eigenvalue weighted by molar-refractivity contribution is 0.0899. The fourth-order valence-electron chi connectivity index (χ4n) is 5.37. The van der Waals surface area contributed by atoms with Crippen LogP contribution in [0.1, 0.15) is 11.1 Å². The van der Waals surface area contributed by atoms with Crippen molar-refractivity contribution in [3.05, 3.63) is 102 Å². The Balaban J connectivity index is 1.37. The van der Waals surface area contributed by atoms with Crippen LogP contribution >= 0.6 is 0 Å². The Kier molecular flexibility index (Phi) is 10.7. The Morgan fingerprint density at radius 2 is 1.63 bits per heavy atom. The first-order valence-electron chi connectivity index (χ1n) is 16.5. The van der Waals surface area contributed by atoms with Crippen molar-refractivity contribution in [2.24, 2.45) is 0 Å². The number of aliphatic hydroxyl groups excluding tert-OH is 1. The lowest BCUT2D eigenvalue weighted by atomic mass is 10.0. The van der Waals surface area contributed by atoms with Crippen molar-refractivity contribution < 1.29 is 24.1 Å². The summed E-state index contributed by atoms with van der Waals surface area (Å²) in [5.41, 5.74) is 5.44. The minimum atomic E-state index is -1.26. The van der Waals surface area contributed by atoms with Crippen LogP contribution in [0, 0.1) is 0 Å². The number of aliphatic hydroxyl groups is 1. The largest absolute Gasteiger partial charge is 0.491 e. The van der Waals surface area contributed by atoms with E-state index in [1.165, 1.54) is 0 Å². The number of fused-ring (bicyclic) bond motifs is 2. The number of hydrogen-bond acceptors (Lipinski definition) is 9. The second-order valence-electron chi connectivity index (χ2n) is 13.0. The molecule has 3 heterocycles. The molecule has 6 aromatic rings. The van der Waals surface area contributed by atoms with Crippen molar-refractivity contribution in [1.82, 2.24) is 19.5 Å².